The number of hydrogen-bond donors (Lipinski definition) is 0. The van der Waals surface area contributed by atoms with Gasteiger partial charge >= 0.3 is 12.3 Å². The predicted molar refractivity (Wildman–Crippen MR) is 82.6 cm³/mol. The topological polar surface area (TPSA) is 44.8 Å². The molecule has 2 aromatic carbocycles. The summed E-state index contributed by atoms with van der Waals surface area (Å²) in [6, 6.07) is 12.5. The van der Waals surface area contributed by atoms with E-state index in [0.717, 1.165) is 17.7 Å². The molecule has 0 saturated heterocycles. The molecule has 128 valence electrons. The Labute approximate surface area is 144 Å². The van der Waals surface area contributed by atoms with Crippen LogP contribution in [0.2, 0.25) is 0 Å². The highest BCUT2D eigenvalue weighted by atomic mass is 79.9. The lowest BCUT2D eigenvalue weighted by Gasteiger charge is -2.12. The van der Waals surface area contributed by atoms with Crippen molar-refractivity contribution in [2.24, 2.45) is 0 Å². The Hall–Kier alpha value is -2.22. The molecule has 0 amide bonds. The number of alkyl halides is 3. The van der Waals surface area contributed by atoms with Crippen LogP contribution in [0.1, 0.15) is 5.56 Å². The van der Waals surface area contributed by atoms with Crippen LogP contribution >= 0.6 is 15.9 Å². The number of ether oxygens (including phenoxy) is 3. The molecule has 0 radical (unpaired) electrons. The quantitative estimate of drug-likeness (QED) is 0.666. The van der Waals surface area contributed by atoms with Crippen molar-refractivity contribution in [3.05, 3.63) is 58.6 Å². The zero-order chi connectivity index (χ0) is 17.6. The van der Waals surface area contributed by atoms with Crippen LogP contribution in [0.25, 0.3) is 0 Å². The minimum absolute atomic E-state index is 0.0356. The third-order valence-electron chi connectivity index (χ3n) is 2.72. The molecule has 0 aliphatic carbocycles. The van der Waals surface area contributed by atoms with Crippen molar-refractivity contribution in [3.8, 4) is 11.5 Å². The minimum Gasteiger partial charge on any atom is -0.481 e. The van der Waals surface area contributed by atoms with E-state index < -0.39 is 24.7 Å². The van der Waals surface area contributed by atoms with E-state index in [9.17, 15) is 18.0 Å². The molecular formula is C16H12BrF3O4. The van der Waals surface area contributed by atoms with Gasteiger partial charge in [0, 0.05) is 6.07 Å². The first kappa shape index (κ1) is 18.1. The van der Waals surface area contributed by atoms with Crippen molar-refractivity contribution in [3.63, 3.8) is 0 Å². The predicted octanol–water partition coefficient (Wildman–Crippen LogP) is 4.47. The summed E-state index contributed by atoms with van der Waals surface area (Å²) in [6.07, 6.45) is -4.81. The maximum Gasteiger partial charge on any atom is 0.573 e. The third kappa shape index (κ3) is 6.11. The van der Waals surface area contributed by atoms with Gasteiger partial charge in [-0.1, -0.05) is 30.3 Å². The first-order chi connectivity index (χ1) is 11.3. The fourth-order valence-electron chi connectivity index (χ4n) is 1.71. The Bertz CT molecular complexity index is 689. The van der Waals surface area contributed by atoms with Crippen molar-refractivity contribution >= 4 is 21.9 Å². The highest BCUT2D eigenvalue weighted by Gasteiger charge is 2.31. The smallest absolute Gasteiger partial charge is 0.481 e. The Morgan fingerprint density at radius 1 is 1.08 bits per heavy atom. The van der Waals surface area contributed by atoms with Crippen molar-refractivity contribution in [1.29, 1.82) is 0 Å². The van der Waals surface area contributed by atoms with Gasteiger partial charge in [-0.25, -0.2) is 4.79 Å². The van der Waals surface area contributed by atoms with Crippen LogP contribution in [0, 0.1) is 0 Å². The number of esters is 1. The second-order valence-electron chi connectivity index (χ2n) is 4.57. The van der Waals surface area contributed by atoms with Crippen LogP contribution in [0.5, 0.6) is 11.5 Å². The molecule has 8 heteroatoms. The molecule has 0 bridgehead atoms. The zero-order valence-corrected chi connectivity index (χ0v) is 13.8. The summed E-state index contributed by atoms with van der Waals surface area (Å²) in [6.45, 7) is -0.359. The zero-order valence-electron chi connectivity index (χ0n) is 12.2. The molecule has 0 aliphatic heterocycles. The molecule has 0 N–H and O–H groups in total. The Morgan fingerprint density at radius 3 is 2.46 bits per heavy atom. The highest BCUT2D eigenvalue weighted by molar-refractivity contribution is 9.10. The largest absolute Gasteiger partial charge is 0.573 e. The van der Waals surface area contributed by atoms with Gasteiger partial charge in [-0.3, -0.25) is 0 Å². The summed E-state index contributed by atoms with van der Waals surface area (Å²) in [5, 5.41) is 0. The molecular weight excluding hydrogens is 393 g/mol. The van der Waals surface area contributed by atoms with Crippen LogP contribution in [-0.2, 0) is 16.1 Å². The average Bonchev–Trinajstić information content (AvgIpc) is 2.53. The molecule has 0 heterocycles. The Kier molecular flexibility index (Phi) is 6.08. The van der Waals surface area contributed by atoms with E-state index >= 15 is 0 Å². The standard InChI is InChI=1S/C16H12BrF3O4/c17-13-7-6-12(24-16(18,19)20)8-14(13)22-10-15(21)23-9-11-4-2-1-3-5-11/h1-8H,9-10H2. The fraction of sp³-hybridized carbons (Fsp3) is 0.188. The van der Waals surface area contributed by atoms with E-state index in [-0.39, 0.29) is 12.4 Å². The second-order valence-corrected chi connectivity index (χ2v) is 5.43. The van der Waals surface area contributed by atoms with Gasteiger partial charge in [0.15, 0.2) is 6.61 Å². The van der Waals surface area contributed by atoms with E-state index in [1.54, 1.807) is 12.1 Å². The lowest BCUT2D eigenvalue weighted by molar-refractivity contribution is -0.274. The van der Waals surface area contributed by atoms with Gasteiger partial charge in [-0.05, 0) is 33.6 Å². The van der Waals surface area contributed by atoms with Gasteiger partial charge in [0.05, 0.1) is 4.47 Å². The maximum atomic E-state index is 12.2. The van der Waals surface area contributed by atoms with Gasteiger partial charge in [0.2, 0.25) is 0 Å². The third-order valence-corrected chi connectivity index (χ3v) is 3.38. The molecule has 0 spiro atoms. The molecule has 4 nitrogen and oxygen atoms in total. The number of carbonyl (C=O) groups is 1. The van der Waals surface area contributed by atoms with Crippen molar-refractivity contribution in [2.45, 2.75) is 13.0 Å². The van der Waals surface area contributed by atoms with Crippen LogP contribution in [0.3, 0.4) is 0 Å². The van der Waals surface area contributed by atoms with E-state index in [0.29, 0.717) is 4.47 Å². The van der Waals surface area contributed by atoms with Gasteiger partial charge in [-0.2, -0.15) is 0 Å². The number of benzene rings is 2. The molecule has 0 atom stereocenters. The number of rotatable bonds is 6. The number of carbonyl (C=O) groups excluding carboxylic acids is 1. The molecule has 24 heavy (non-hydrogen) atoms. The fourth-order valence-corrected chi connectivity index (χ4v) is 2.07. The first-order valence-electron chi connectivity index (χ1n) is 6.71. The normalized spacial score (nSPS) is 11.0. The molecule has 2 aromatic rings. The lowest BCUT2D eigenvalue weighted by Crippen LogP contribution is -2.17. The summed E-state index contributed by atoms with van der Waals surface area (Å²) < 4.78 is 51.0. The van der Waals surface area contributed by atoms with Gasteiger partial charge in [-0.15, -0.1) is 13.2 Å². The van der Waals surface area contributed by atoms with E-state index in [2.05, 4.69) is 20.7 Å². The summed E-state index contributed by atoms with van der Waals surface area (Å²) in [5.74, 6) is -1.06. The lowest BCUT2D eigenvalue weighted by atomic mass is 10.2. The van der Waals surface area contributed by atoms with Crippen LogP contribution in [0.15, 0.2) is 53.0 Å². The summed E-state index contributed by atoms with van der Waals surface area (Å²) in [7, 11) is 0. The number of halogens is 4. The number of hydrogen-bond acceptors (Lipinski definition) is 4. The average molecular weight is 405 g/mol. The highest BCUT2D eigenvalue weighted by Crippen LogP contribution is 2.32. The van der Waals surface area contributed by atoms with Crippen molar-refractivity contribution in [1.82, 2.24) is 0 Å². The van der Waals surface area contributed by atoms with Crippen molar-refractivity contribution < 1.29 is 32.2 Å². The van der Waals surface area contributed by atoms with Crippen LogP contribution in [-0.4, -0.2) is 18.9 Å². The summed E-state index contributed by atoms with van der Waals surface area (Å²) in [4.78, 5) is 11.6. The van der Waals surface area contributed by atoms with E-state index in [4.69, 9.17) is 9.47 Å². The van der Waals surface area contributed by atoms with Crippen LogP contribution in [0.4, 0.5) is 13.2 Å². The van der Waals surface area contributed by atoms with Gasteiger partial charge in [0.1, 0.15) is 18.1 Å². The second kappa shape index (κ2) is 8.05. The molecule has 0 aliphatic rings. The maximum absolute atomic E-state index is 12.2. The molecule has 0 unspecified atom stereocenters. The Morgan fingerprint density at radius 2 is 1.79 bits per heavy atom. The SMILES string of the molecule is O=C(COc1cc(OC(F)(F)F)ccc1Br)OCc1ccccc1. The van der Waals surface area contributed by atoms with Gasteiger partial charge < -0.3 is 14.2 Å². The first-order valence-corrected chi connectivity index (χ1v) is 7.50. The molecule has 0 saturated carbocycles. The molecule has 0 fully saturated rings. The minimum atomic E-state index is -4.81. The monoisotopic (exact) mass is 404 g/mol. The summed E-state index contributed by atoms with van der Waals surface area (Å²) in [5.41, 5.74) is 0.813. The van der Waals surface area contributed by atoms with Crippen molar-refractivity contribution in [2.75, 3.05) is 6.61 Å². The van der Waals surface area contributed by atoms with E-state index in [1.165, 1.54) is 6.07 Å². The Balaban J connectivity index is 1.88. The van der Waals surface area contributed by atoms with Gasteiger partial charge in [0.25, 0.3) is 0 Å². The van der Waals surface area contributed by atoms with Crippen LogP contribution < -0.4 is 9.47 Å². The molecule has 0 aromatic heterocycles. The summed E-state index contributed by atoms with van der Waals surface area (Å²) >= 11 is 3.12. The molecule has 2 rings (SSSR count). The van der Waals surface area contributed by atoms with E-state index in [1.807, 2.05) is 18.2 Å².